The number of hydrogen-bond acceptors (Lipinski definition) is 6. The lowest BCUT2D eigenvalue weighted by Gasteiger charge is -2.30. The second kappa shape index (κ2) is 9.41. The van der Waals surface area contributed by atoms with E-state index in [1.165, 1.54) is 22.2 Å². The molecule has 1 aromatic heterocycles. The Kier molecular flexibility index (Phi) is 6.34. The fourth-order valence-electron chi connectivity index (χ4n) is 4.42. The van der Waals surface area contributed by atoms with E-state index in [0.29, 0.717) is 27.6 Å². The number of aromatic nitrogens is 2. The van der Waals surface area contributed by atoms with E-state index in [4.69, 9.17) is 27.9 Å². The molecule has 0 unspecified atom stereocenters. The highest BCUT2D eigenvalue weighted by molar-refractivity contribution is 6.40. The van der Waals surface area contributed by atoms with Gasteiger partial charge < -0.3 is 10.1 Å². The van der Waals surface area contributed by atoms with Crippen molar-refractivity contribution in [3.05, 3.63) is 69.3 Å². The highest BCUT2D eigenvalue weighted by Gasteiger charge is 2.31. The first-order valence-corrected chi connectivity index (χ1v) is 12.0. The van der Waals surface area contributed by atoms with Gasteiger partial charge in [-0.2, -0.15) is 4.98 Å². The fraction of sp³-hybridized carbons (Fsp3) is 0.320. The predicted molar refractivity (Wildman–Crippen MR) is 134 cm³/mol. The summed E-state index contributed by atoms with van der Waals surface area (Å²) in [6.45, 7) is 7.56. The van der Waals surface area contributed by atoms with Crippen molar-refractivity contribution in [2.75, 3.05) is 30.0 Å². The Hall–Kier alpha value is -2.87. The quantitative estimate of drug-likeness (QED) is 0.499. The van der Waals surface area contributed by atoms with Gasteiger partial charge in [-0.1, -0.05) is 49.2 Å². The summed E-state index contributed by atoms with van der Waals surface area (Å²) < 4.78 is 5.78. The van der Waals surface area contributed by atoms with Gasteiger partial charge >= 0.3 is 0 Å². The Morgan fingerprint density at radius 3 is 2.71 bits per heavy atom. The molecule has 1 N–H and O–H groups in total. The zero-order chi connectivity index (χ0) is 23.8. The summed E-state index contributed by atoms with van der Waals surface area (Å²) >= 11 is 12.6. The zero-order valence-corrected chi connectivity index (χ0v) is 20.5. The number of fused-ring (bicyclic) bond motifs is 2. The van der Waals surface area contributed by atoms with Crippen molar-refractivity contribution in [2.24, 2.45) is 5.92 Å². The van der Waals surface area contributed by atoms with E-state index in [2.05, 4.69) is 46.2 Å². The van der Waals surface area contributed by atoms with Crippen molar-refractivity contribution < 1.29 is 9.53 Å². The Morgan fingerprint density at radius 2 is 1.94 bits per heavy atom. The third kappa shape index (κ3) is 4.56. The van der Waals surface area contributed by atoms with Gasteiger partial charge in [-0.25, -0.2) is 4.98 Å². The zero-order valence-electron chi connectivity index (χ0n) is 19.0. The SMILES string of the molecule is CC(C)CN1CCc2ccc(Nc3ncc4c(n3)OCN(c3c(Cl)cccc3Cl)C4=O)cc2C1. The van der Waals surface area contributed by atoms with Crippen molar-refractivity contribution >= 4 is 46.4 Å². The number of ether oxygens (including phenoxy) is 1. The maximum absolute atomic E-state index is 13.1. The van der Waals surface area contributed by atoms with E-state index in [1.54, 1.807) is 18.2 Å². The van der Waals surface area contributed by atoms with Crippen LogP contribution in [0, 0.1) is 5.92 Å². The second-order valence-corrected chi connectivity index (χ2v) is 9.79. The summed E-state index contributed by atoms with van der Waals surface area (Å²) in [6.07, 6.45) is 2.52. The van der Waals surface area contributed by atoms with Gasteiger partial charge in [0.15, 0.2) is 6.73 Å². The highest BCUT2D eigenvalue weighted by atomic mass is 35.5. The minimum Gasteiger partial charge on any atom is -0.455 e. The Bertz CT molecular complexity index is 1230. The van der Waals surface area contributed by atoms with Gasteiger partial charge in [-0.3, -0.25) is 14.6 Å². The van der Waals surface area contributed by atoms with Gasteiger partial charge in [0, 0.05) is 31.5 Å². The summed E-state index contributed by atoms with van der Waals surface area (Å²) in [6, 6.07) is 11.4. The number of nitrogens with zero attached hydrogens (tertiary/aromatic N) is 4. The molecule has 7 nitrogen and oxygen atoms in total. The molecule has 2 aromatic carbocycles. The molecule has 0 radical (unpaired) electrons. The third-order valence-electron chi connectivity index (χ3n) is 5.94. The van der Waals surface area contributed by atoms with Crippen molar-refractivity contribution in [3.8, 4) is 5.88 Å². The standard InChI is InChI=1S/C25H25Cl2N5O2/c1-15(2)12-31-9-8-16-6-7-18(10-17(16)13-31)29-25-28-11-19-23(30-25)34-14-32(24(19)33)22-20(26)4-3-5-21(22)27/h3-7,10-11,15H,8-9,12-14H2,1-2H3,(H,28,29,30). The molecular formula is C25H25Cl2N5O2. The molecule has 0 atom stereocenters. The molecule has 2 aliphatic rings. The molecule has 3 heterocycles. The van der Waals surface area contributed by atoms with Crippen molar-refractivity contribution in [1.82, 2.24) is 14.9 Å². The lowest BCUT2D eigenvalue weighted by Crippen LogP contribution is -2.39. The largest absolute Gasteiger partial charge is 0.455 e. The van der Waals surface area contributed by atoms with Crippen LogP contribution in [0.25, 0.3) is 0 Å². The fourth-order valence-corrected chi connectivity index (χ4v) is 5.02. The third-order valence-corrected chi connectivity index (χ3v) is 6.55. The van der Waals surface area contributed by atoms with Crippen LogP contribution in [0.1, 0.15) is 35.3 Å². The molecule has 0 bridgehead atoms. The van der Waals surface area contributed by atoms with Crippen LogP contribution in [-0.4, -0.2) is 40.6 Å². The van der Waals surface area contributed by atoms with Crippen LogP contribution in [0.5, 0.6) is 5.88 Å². The molecule has 9 heteroatoms. The molecule has 176 valence electrons. The molecule has 0 saturated carbocycles. The minimum atomic E-state index is -0.318. The average Bonchev–Trinajstić information content (AvgIpc) is 2.80. The number of carbonyl (C=O) groups is 1. The number of benzene rings is 2. The molecule has 5 rings (SSSR count). The molecule has 3 aromatic rings. The van der Waals surface area contributed by atoms with Crippen LogP contribution >= 0.6 is 23.2 Å². The molecule has 0 aliphatic carbocycles. The predicted octanol–water partition coefficient (Wildman–Crippen LogP) is 5.54. The number of rotatable bonds is 5. The molecule has 0 spiro atoms. The molecule has 1 amide bonds. The van der Waals surface area contributed by atoms with E-state index in [-0.39, 0.29) is 24.1 Å². The normalized spacial score (nSPS) is 15.7. The molecular weight excluding hydrogens is 473 g/mol. The van der Waals surface area contributed by atoms with Crippen LogP contribution in [0.15, 0.2) is 42.6 Å². The summed E-state index contributed by atoms with van der Waals surface area (Å²) in [5.74, 6) is 0.912. The van der Waals surface area contributed by atoms with E-state index in [9.17, 15) is 4.79 Å². The minimum absolute atomic E-state index is 0.0454. The first kappa shape index (κ1) is 22.9. The van der Waals surface area contributed by atoms with Gasteiger partial charge in [0.1, 0.15) is 5.56 Å². The van der Waals surface area contributed by atoms with Crippen molar-refractivity contribution in [1.29, 1.82) is 0 Å². The number of halogens is 2. The molecule has 0 fully saturated rings. The number of nitrogens with one attached hydrogen (secondary N) is 1. The van der Waals surface area contributed by atoms with Gasteiger partial charge in [-0.05, 0) is 47.7 Å². The van der Waals surface area contributed by atoms with Crippen LogP contribution in [0.3, 0.4) is 0 Å². The number of para-hydroxylation sites is 1. The van der Waals surface area contributed by atoms with Crippen molar-refractivity contribution in [3.63, 3.8) is 0 Å². The summed E-state index contributed by atoms with van der Waals surface area (Å²) in [5, 5.41) is 3.98. The average molecular weight is 498 g/mol. The summed E-state index contributed by atoms with van der Waals surface area (Å²) in [7, 11) is 0. The summed E-state index contributed by atoms with van der Waals surface area (Å²) in [4.78, 5) is 25.7. The first-order chi connectivity index (χ1) is 16.4. The van der Waals surface area contributed by atoms with Gasteiger partial charge in [0.25, 0.3) is 5.91 Å². The van der Waals surface area contributed by atoms with Crippen LogP contribution in [-0.2, 0) is 13.0 Å². The van der Waals surface area contributed by atoms with E-state index in [1.807, 2.05) is 6.07 Å². The van der Waals surface area contributed by atoms with E-state index in [0.717, 1.165) is 31.7 Å². The number of hydrogen-bond donors (Lipinski definition) is 1. The lowest BCUT2D eigenvalue weighted by molar-refractivity contribution is 0.0932. The highest BCUT2D eigenvalue weighted by Crippen LogP contribution is 2.37. The Balaban J connectivity index is 1.34. The Labute approximate surface area is 208 Å². The van der Waals surface area contributed by atoms with Gasteiger partial charge in [0.05, 0.1) is 15.7 Å². The number of anilines is 3. The topological polar surface area (TPSA) is 70.6 Å². The van der Waals surface area contributed by atoms with E-state index < -0.39 is 0 Å². The summed E-state index contributed by atoms with van der Waals surface area (Å²) in [5.41, 5.74) is 4.25. The lowest BCUT2D eigenvalue weighted by atomic mass is 9.98. The van der Waals surface area contributed by atoms with E-state index >= 15 is 0 Å². The van der Waals surface area contributed by atoms with Crippen LogP contribution < -0.4 is 15.0 Å². The first-order valence-electron chi connectivity index (χ1n) is 11.3. The van der Waals surface area contributed by atoms with Gasteiger partial charge in [0.2, 0.25) is 11.8 Å². The molecule has 34 heavy (non-hydrogen) atoms. The van der Waals surface area contributed by atoms with Crippen LogP contribution in [0.2, 0.25) is 10.0 Å². The maximum atomic E-state index is 13.1. The van der Waals surface area contributed by atoms with Gasteiger partial charge in [-0.15, -0.1) is 0 Å². The smallest absolute Gasteiger partial charge is 0.268 e. The van der Waals surface area contributed by atoms with Crippen LogP contribution in [0.4, 0.5) is 17.3 Å². The number of carbonyl (C=O) groups excluding carboxylic acids is 1. The second-order valence-electron chi connectivity index (χ2n) is 8.98. The molecule has 0 saturated heterocycles. The molecule has 2 aliphatic heterocycles. The Morgan fingerprint density at radius 1 is 1.15 bits per heavy atom. The monoisotopic (exact) mass is 497 g/mol. The maximum Gasteiger partial charge on any atom is 0.268 e. The number of amides is 1. The van der Waals surface area contributed by atoms with Crippen molar-refractivity contribution in [2.45, 2.75) is 26.8 Å².